The lowest BCUT2D eigenvalue weighted by molar-refractivity contribution is -0.147. The van der Waals surface area contributed by atoms with Crippen molar-refractivity contribution < 1.29 is 19.1 Å². The maximum Gasteiger partial charge on any atom is 0.410 e. The number of benzene rings is 1. The van der Waals surface area contributed by atoms with E-state index in [0.29, 0.717) is 23.3 Å². The minimum atomic E-state index is -0.781. The van der Waals surface area contributed by atoms with Gasteiger partial charge in [-0.15, -0.1) is 0 Å². The number of aryl methyl sites for hydroxylation is 1. The van der Waals surface area contributed by atoms with E-state index in [0.717, 1.165) is 5.56 Å². The largest absolute Gasteiger partial charge is 0.459 e. The zero-order chi connectivity index (χ0) is 22.3. The summed E-state index contributed by atoms with van der Waals surface area (Å²) in [7, 11) is 3.42. The van der Waals surface area contributed by atoms with Gasteiger partial charge in [-0.05, 0) is 42.3 Å². The van der Waals surface area contributed by atoms with Crippen LogP contribution < -0.4 is 5.32 Å². The first-order valence-electron chi connectivity index (χ1n) is 9.64. The lowest BCUT2D eigenvalue weighted by Crippen LogP contribution is -2.40. The summed E-state index contributed by atoms with van der Waals surface area (Å²) in [5.41, 5.74) is 0.853. The molecule has 1 aromatic carbocycles. The number of likely N-dealkylation sites (N-methyl/N-ethyl adjacent to an activating group) is 1. The summed E-state index contributed by atoms with van der Waals surface area (Å²) in [6.07, 6.45) is 1.34. The van der Waals surface area contributed by atoms with Gasteiger partial charge in [0.2, 0.25) is 0 Å². The third-order valence-corrected chi connectivity index (χ3v) is 4.66. The van der Waals surface area contributed by atoms with Crippen molar-refractivity contribution in [2.24, 2.45) is 7.05 Å². The molecular weight excluding hydrogens is 452 g/mol. The highest BCUT2D eigenvalue weighted by Crippen LogP contribution is 2.23. The Kier molecular flexibility index (Phi) is 8.43. The molecule has 1 N–H and O–H groups in total. The summed E-state index contributed by atoms with van der Waals surface area (Å²) in [5.74, 6) is -0.446. The normalized spacial score (nSPS) is 12.3. The van der Waals surface area contributed by atoms with Crippen molar-refractivity contribution in [1.29, 1.82) is 0 Å². The van der Waals surface area contributed by atoms with Gasteiger partial charge < -0.3 is 14.4 Å². The summed E-state index contributed by atoms with van der Waals surface area (Å²) in [5, 5.41) is 7.51. The Morgan fingerprint density at radius 2 is 1.93 bits per heavy atom. The minimum Gasteiger partial charge on any atom is -0.459 e. The first kappa shape index (κ1) is 23.9. The molecule has 8 nitrogen and oxygen atoms in total. The van der Waals surface area contributed by atoms with Crippen molar-refractivity contribution in [2.75, 3.05) is 20.1 Å². The molecule has 9 heteroatoms. The van der Waals surface area contributed by atoms with Gasteiger partial charge in [0.1, 0.15) is 17.9 Å². The van der Waals surface area contributed by atoms with Crippen molar-refractivity contribution in [1.82, 2.24) is 20.0 Å². The number of halogens is 1. The number of aromatic nitrogens is 2. The van der Waals surface area contributed by atoms with Gasteiger partial charge in [-0.1, -0.05) is 30.3 Å². The molecule has 0 spiro atoms. The van der Waals surface area contributed by atoms with Crippen LogP contribution in [0.4, 0.5) is 4.79 Å². The van der Waals surface area contributed by atoms with Crippen LogP contribution in [-0.4, -0.2) is 52.5 Å². The second-order valence-electron chi connectivity index (χ2n) is 7.92. The van der Waals surface area contributed by atoms with Crippen molar-refractivity contribution in [3.05, 3.63) is 52.3 Å². The molecule has 0 radical (unpaired) electrons. The van der Waals surface area contributed by atoms with Crippen LogP contribution in [0.15, 0.2) is 41.0 Å². The standard InChI is InChI=1S/C21H29BrN4O4/c1-21(2,3)30-20(28)25(4)12-11-23-18(17-16(22)13-26(5)24-17)19(27)29-14-15-9-7-6-8-10-15/h6-10,13,18,23H,11-12,14H2,1-5H3. The lowest BCUT2D eigenvalue weighted by atomic mass is 10.2. The lowest BCUT2D eigenvalue weighted by Gasteiger charge is -2.25. The number of carbonyl (C=O) groups is 2. The number of rotatable bonds is 8. The number of ether oxygens (including phenoxy) is 2. The maximum absolute atomic E-state index is 12.8. The Morgan fingerprint density at radius 3 is 2.50 bits per heavy atom. The van der Waals surface area contributed by atoms with Crippen LogP contribution >= 0.6 is 15.9 Å². The third kappa shape index (κ3) is 7.46. The molecule has 0 bridgehead atoms. The number of nitrogens with zero attached hydrogens (tertiary/aromatic N) is 3. The molecule has 0 aliphatic carbocycles. The van der Waals surface area contributed by atoms with Crippen molar-refractivity contribution in [2.45, 2.75) is 39.0 Å². The monoisotopic (exact) mass is 480 g/mol. The average molecular weight is 481 g/mol. The number of amides is 1. The molecule has 0 fully saturated rings. The van der Waals surface area contributed by atoms with Crippen molar-refractivity contribution in [3.8, 4) is 0 Å². The van der Waals surface area contributed by atoms with Gasteiger partial charge in [0.05, 0.1) is 4.47 Å². The summed E-state index contributed by atoms with van der Waals surface area (Å²) in [4.78, 5) is 26.4. The van der Waals surface area contributed by atoms with E-state index in [1.54, 1.807) is 25.0 Å². The van der Waals surface area contributed by atoms with Gasteiger partial charge in [0.25, 0.3) is 0 Å². The van der Waals surface area contributed by atoms with Crippen molar-refractivity contribution in [3.63, 3.8) is 0 Å². The van der Waals surface area contributed by atoms with Gasteiger partial charge in [0, 0.05) is 33.4 Å². The summed E-state index contributed by atoms with van der Waals surface area (Å²) < 4.78 is 13.2. The molecule has 2 aromatic rings. The predicted octanol–water partition coefficient (Wildman–Crippen LogP) is 3.42. The first-order valence-corrected chi connectivity index (χ1v) is 10.4. The van der Waals surface area contributed by atoms with Gasteiger partial charge >= 0.3 is 12.1 Å². The van der Waals surface area contributed by atoms with Gasteiger partial charge in [-0.2, -0.15) is 5.10 Å². The molecule has 1 aromatic heterocycles. The van der Waals surface area contributed by atoms with E-state index in [4.69, 9.17) is 9.47 Å². The zero-order valence-electron chi connectivity index (χ0n) is 18.0. The minimum absolute atomic E-state index is 0.167. The molecule has 1 unspecified atom stereocenters. The van der Waals surface area contributed by atoms with Crippen molar-refractivity contribution >= 4 is 28.0 Å². The van der Waals surface area contributed by atoms with Gasteiger partial charge in [0.15, 0.2) is 6.04 Å². The predicted molar refractivity (Wildman–Crippen MR) is 117 cm³/mol. The third-order valence-electron chi connectivity index (χ3n) is 4.04. The summed E-state index contributed by atoms with van der Waals surface area (Å²) in [6.45, 7) is 6.31. The van der Waals surface area contributed by atoms with E-state index in [2.05, 4.69) is 26.3 Å². The Morgan fingerprint density at radius 1 is 1.27 bits per heavy atom. The maximum atomic E-state index is 12.8. The van der Waals surface area contributed by atoms with Crippen LogP contribution in [0, 0.1) is 0 Å². The van der Waals surface area contributed by atoms with E-state index >= 15 is 0 Å². The Bertz CT molecular complexity index is 848. The second kappa shape index (κ2) is 10.6. The number of hydrogen-bond acceptors (Lipinski definition) is 6. The van der Waals surface area contributed by atoms with Crippen LogP contribution in [-0.2, 0) is 27.9 Å². The molecule has 164 valence electrons. The zero-order valence-corrected chi connectivity index (χ0v) is 19.6. The number of hydrogen-bond donors (Lipinski definition) is 1. The highest BCUT2D eigenvalue weighted by Gasteiger charge is 2.27. The molecule has 0 aliphatic heterocycles. The highest BCUT2D eigenvalue weighted by molar-refractivity contribution is 9.10. The highest BCUT2D eigenvalue weighted by atomic mass is 79.9. The Labute approximate surface area is 185 Å². The molecule has 1 atom stereocenters. The molecule has 1 amide bonds. The SMILES string of the molecule is CN(CCNC(C(=O)OCc1ccccc1)c1nn(C)cc1Br)C(=O)OC(C)(C)C. The van der Waals surface area contributed by atoms with E-state index in [1.165, 1.54) is 4.90 Å². The van der Waals surface area contributed by atoms with Crippen LogP contribution in [0.1, 0.15) is 38.1 Å². The quantitative estimate of drug-likeness (QED) is 0.582. The van der Waals surface area contributed by atoms with Crippen LogP contribution in [0.5, 0.6) is 0 Å². The number of carbonyl (C=O) groups excluding carboxylic acids is 2. The Hall–Kier alpha value is -2.39. The van der Waals surface area contributed by atoms with Crippen LogP contribution in [0.25, 0.3) is 0 Å². The fourth-order valence-corrected chi connectivity index (χ4v) is 3.19. The number of nitrogens with one attached hydrogen (secondary N) is 1. The van der Waals surface area contributed by atoms with E-state index < -0.39 is 23.7 Å². The number of esters is 1. The fraction of sp³-hybridized carbons (Fsp3) is 0.476. The van der Waals surface area contributed by atoms with E-state index in [-0.39, 0.29) is 6.61 Å². The van der Waals surface area contributed by atoms with Crippen LogP contribution in [0.2, 0.25) is 0 Å². The smallest absolute Gasteiger partial charge is 0.410 e. The molecule has 0 saturated carbocycles. The molecule has 0 saturated heterocycles. The van der Waals surface area contributed by atoms with Gasteiger partial charge in [-0.3, -0.25) is 10.00 Å². The summed E-state index contributed by atoms with van der Waals surface area (Å²) in [6, 6.07) is 8.68. The molecule has 0 aliphatic rings. The van der Waals surface area contributed by atoms with E-state index in [1.807, 2.05) is 51.1 Å². The van der Waals surface area contributed by atoms with E-state index in [9.17, 15) is 9.59 Å². The van der Waals surface area contributed by atoms with Gasteiger partial charge in [-0.25, -0.2) is 9.59 Å². The molecule has 2 rings (SSSR count). The average Bonchev–Trinajstić information content (AvgIpc) is 3.00. The van der Waals surface area contributed by atoms with Crippen LogP contribution in [0.3, 0.4) is 0 Å². The first-order chi connectivity index (χ1) is 14.1. The fourth-order valence-electron chi connectivity index (χ4n) is 2.58. The molecular formula is C21H29BrN4O4. The molecule has 1 heterocycles. The Balaban J connectivity index is 2.01. The second-order valence-corrected chi connectivity index (χ2v) is 8.77. The molecule has 30 heavy (non-hydrogen) atoms. The topological polar surface area (TPSA) is 85.7 Å². The summed E-state index contributed by atoms with van der Waals surface area (Å²) >= 11 is 3.44.